The van der Waals surface area contributed by atoms with Crippen LogP contribution in [0.2, 0.25) is 0 Å². The molecule has 0 saturated carbocycles. The molecular formula is C13H10OS. The Morgan fingerprint density at radius 2 is 1.67 bits per heavy atom. The molecule has 0 N–H and O–H groups in total. The molecule has 0 unspecified atom stereocenters. The summed E-state index contributed by atoms with van der Waals surface area (Å²) in [6.45, 7) is 0. The summed E-state index contributed by atoms with van der Waals surface area (Å²) in [7, 11) is 0. The monoisotopic (exact) mass is 214 g/mol. The molecule has 74 valence electrons. The fourth-order valence-corrected chi connectivity index (χ4v) is 1.72. The van der Waals surface area contributed by atoms with E-state index in [0.717, 1.165) is 17.4 Å². The molecule has 2 aromatic rings. The summed E-state index contributed by atoms with van der Waals surface area (Å²) >= 11 is 4.27. The van der Waals surface area contributed by atoms with Crippen LogP contribution < -0.4 is 0 Å². The number of rotatable bonds is 2. The average Bonchev–Trinajstić information content (AvgIpc) is 2.30. The molecule has 2 rings (SSSR count). The summed E-state index contributed by atoms with van der Waals surface area (Å²) in [5, 5.41) is 0. The van der Waals surface area contributed by atoms with Crippen LogP contribution >= 0.6 is 12.6 Å². The maximum absolute atomic E-state index is 10.6. The molecule has 0 amide bonds. The number of hydrogen-bond acceptors (Lipinski definition) is 2. The largest absolute Gasteiger partial charge is 0.298 e. The van der Waals surface area contributed by atoms with Crippen LogP contribution in [-0.4, -0.2) is 6.29 Å². The number of benzene rings is 2. The normalized spacial score (nSPS) is 9.93. The van der Waals surface area contributed by atoms with E-state index in [1.807, 2.05) is 42.5 Å². The first-order chi connectivity index (χ1) is 7.31. The van der Waals surface area contributed by atoms with Crippen LogP contribution in [0.1, 0.15) is 10.4 Å². The molecular weight excluding hydrogens is 204 g/mol. The van der Waals surface area contributed by atoms with Gasteiger partial charge < -0.3 is 0 Å². The van der Waals surface area contributed by atoms with E-state index in [4.69, 9.17) is 0 Å². The van der Waals surface area contributed by atoms with Gasteiger partial charge in [-0.3, -0.25) is 4.79 Å². The molecule has 15 heavy (non-hydrogen) atoms. The van der Waals surface area contributed by atoms with Crippen LogP contribution in [0, 0.1) is 0 Å². The molecule has 2 aromatic carbocycles. The average molecular weight is 214 g/mol. The quantitative estimate of drug-likeness (QED) is 0.598. The predicted molar refractivity (Wildman–Crippen MR) is 64.5 cm³/mol. The van der Waals surface area contributed by atoms with Gasteiger partial charge >= 0.3 is 0 Å². The van der Waals surface area contributed by atoms with Crippen LogP contribution in [0.5, 0.6) is 0 Å². The van der Waals surface area contributed by atoms with Crippen LogP contribution in [0.25, 0.3) is 11.1 Å². The minimum Gasteiger partial charge on any atom is -0.298 e. The van der Waals surface area contributed by atoms with Gasteiger partial charge in [0.25, 0.3) is 0 Å². The Hall–Kier alpha value is -1.54. The first-order valence-corrected chi connectivity index (χ1v) is 5.09. The number of carbonyl (C=O) groups is 1. The first-order valence-electron chi connectivity index (χ1n) is 4.65. The fourth-order valence-electron chi connectivity index (χ4n) is 1.45. The Morgan fingerprint density at radius 1 is 0.933 bits per heavy atom. The van der Waals surface area contributed by atoms with Crippen molar-refractivity contribution in [2.75, 3.05) is 0 Å². The van der Waals surface area contributed by atoms with Crippen molar-refractivity contribution in [3.63, 3.8) is 0 Å². The van der Waals surface area contributed by atoms with Crippen molar-refractivity contribution in [2.24, 2.45) is 0 Å². The summed E-state index contributed by atoms with van der Waals surface area (Å²) < 4.78 is 0. The number of thiol groups is 1. The Balaban J connectivity index is 2.47. The maximum atomic E-state index is 10.6. The highest BCUT2D eigenvalue weighted by Crippen LogP contribution is 2.23. The van der Waals surface area contributed by atoms with Crippen molar-refractivity contribution in [3.8, 4) is 11.1 Å². The lowest BCUT2D eigenvalue weighted by Crippen LogP contribution is -1.84. The highest BCUT2D eigenvalue weighted by Gasteiger charge is 2.01. The van der Waals surface area contributed by atoms with Crippen molar-refractivity contribution in [2.45, 2.75) is 4.90 Å². The predicted octanol–water partition coefficient (Wildman–Crippen LogP) is 3.45. The number of carbonyl (C=O) groups excluding carboxylic acids is 1. The van der Waals surface area contributed by atoms with Gasteiger partial charge in [-0.2, -0.15) is 0 Å². The van der Waals surface area contributed by atoms with E-state index in [9.17, 15) is 4.79 Å². The van der Waals surface area contributed by atoms with Gasteiger partial charge in [-0.1, -0.05) is 36.4 Å². The van der Waals surface area contributed by atoms with E-state index in [-0.39, 0.29) is 0 Å². The van der Waals surface area contributed by atoms with Gasteiger partial charge in [-0.25, -0.2) is 0 Å². The molecule has 0 aliphatic carbocycles. The summed E-state index contributed by atoms with van der Waals surface area (Å²) in [5.74, 6) is 0. The summed E-state index contributed by atoms with van der Waals surface area (Å²) in [6.07, 6.45) is 0.817. The second kappa shape index (κ2) is 4.32. The van der Waals surface area contributed by atoms with Crippen LogP contribution in [0.3, 0.4) is 0 Å². The third-order valence-electron chi connectivity index (χ3n) is 2.26. The molecule has 0 aliphatic heterocycles. The molecule has 0 bridgehead atoms. The topological polar surface area (TPSA) is 17.1 Å². The van der Waals surface area contributed by atoms with Gasteiger partial charge in [0.1, 0.15) is 0 Å². The highest BCUT2D eigenvalue weighted by atomic mass is 32.1. The van der Waals surface area contributed by atoms with E-state index < -0.39 is 0 Å². The minimum absolute atomic E-state index is 0.623. The standard InChI is InChI=1S/C13H10OS/c14-9-12-7-6-11(8-13(12)15)10-4-2-1-3-5-10/h1-9,15H. The Morgan fingerprint density at radius 3 is 2.27 bits per heavy atom. The third-order valence-corrected chi connectivity index (χ3v) is 2.65. The van der Waals surface area contributed by atoms with Crippen molar-refractivity contribution >= 4 is 18.9 Å². The molecule has 2 heteroatoms. The molecule has 0 aromatic heterocycles. The lowest BCUT2D eigenvalue weighted by atomic mass is 10.0. The van der Waals surface area contributed by atoms with Gasteiger partial charge in [0.05, 0.1) is 0 Å². The molecule has 0 spiro atoms. The van der Waals surface area contributed by atoms with Crippen molar-refractivity contribution in [1.29, 1.82) is 0 Å². The third kappa shape index (κ3) is 2.10. The molecule has 0 saturated heterocycles. The second-order valence-corrected chi connectivity index (χ2v) is 3.74. The van der Waals surface area contributed by atoms with Gasteiger partial charge in [-0.15, -0.1) is 12.6 Å². The number of hydrogen-bond donors (Lipinski definition) is 1. The Labute approximate surface area is 94.2 Å². The zero-order valence-electron chi connectivity index (χ0n) is 8.05. The van der Waals surface area contributed by atoms with Crippen LogP contribution in [0.15, 0.2) is 53.4 Å². The van der Waals surface area contributed by atoms with Gasteiger partial charge in [0, 0.05) is 10.5 Å². The van der Waals surface area contributed by atoms with E-state index in [2.05, 4.69) is 12.6 Å². The van der Waals surface area contributed by atoms with E-state index in [0.29, 0.717) is 10.5 Å². The summed E-state index contributed by atoms with van der Waals surface area (Å²) in [5.41, 5.74) is 2.83. The maximum Gasteiger partial charge on any atom is 0.151 e. The molecule has 0 radical (unpaired) electrons. The lowest BCUT2D eigenvalue weighted by molar-refractivity contribution is 0.112. The fraction of sp³-hybridized carbons (Fsp3) is 0. The van der Waals surface area contributed by atoms with Gasteiger partial charge in [0.15, 0.2) is 6.29 Å². The smallest absolute Gasteiger partial charge is 0.151 e. The molecule has 1 nitrogen and oxygen atoms in total. The van der Waals surface area contributed by atoms with Crippen LogP contribution in [0.4, 0.5) is 0 Å². The second-order valence-electron chi connectivity index (χ2n) is 3.26. The Kier molecular flexibility index (Phi) is 2.88. The van der Waals surface area contributed by atoms with Crippen molar-refractivity contribution in [1.82, 2.24) is 0 Å². The summed E-state index contributed by atoms with van der Waals surface area (Å²) in [4.78, 5) is 11.3. The lowest BCUT2D eigenvalue weighted by Gasteiger charge is -2.03. The SMILES string of the molecule is O=Cc1ccc(-c2ccccc2)cc1S. The number of aldehydes is 1. The van der Waals surface area contributed by atoms with E-state index in [1.165, 1.54) is 0 Å². The first kappa shape index (κ1) is 9.99. The Bertz CT molecular complexity index is 477. The van der Waals surface area contributed by atoms with E-state index in [1.54, 1.807) is 6.07 Å². The van der Waals surface area contributed by atoms with Crippen molar-refractivity contribution in [3.05, 3.63) is 54.1 Å². The highest BCUT2D eigenvalue weighted by molar-refractivity contribution is 7.80. The molecule has 0 fully saturated rings. The minimum atomic E-state index is 0.623. The summed E-state index contributed by atoms with van der Waals surface area (Å²) in [6, 6.07) is 15.6. The van der Waals surface area contributed by atoms with Crippen molar-refractivity contribution < 1.29 is 4.79 Å². The zero-order chi connectivity index (χ0) is 10.7. The molecule has 0 heterocycles. The van der Waals surface area contributed by atoms with E-state index >= 15 is 0 Å². The molecule has 0 aliphatic rings. The van der Waals surface area contributed by atoms with Crippen LogP contribution in [-0.2, 0) is 0 Å². The zero-order valence-corrected chi connectivity index (χ0v) is 8.95. The molecule has 0 atom stereocenters. The van der Waals surface area contributed by atoms with Gasteiger partial charge in [-0.05, 0) is 23.3 Å². The van der Waals surface area contributed by atoms with Gasteiger partial charge in [0.2, 0.25) is 0 Å².